The molecule has 1 saturated heterocycles. The second-order valence-corrected chi connectivity index (χ2v) is 5.99. The molecule has 1 aromatic heterocycles. The molecule has 122 valence electrons. The van der Waals surface area contributed by atoms with Crippen LogP contribution in [-0.4, -0.2) is 34.3 Å². The number of aromatic nitrogens is 3. The van der Waals surface area contributed by atoms with Gasteiger partial charge in [-0.1, -0.05) is 0 Å². The van der Waals surface area contributed by atoms with Crippen LogP contribution in [0.2, 0.25) is 0 Å². The minimum Gasteiger partial charge on any atom is -0.381 e. The Kier molecular flexibility index (Phi) is 5.02. The highest BCUT2D eigenvalue weighted by Gasteiger charge is 2.15. The van der Waals surface area contributed by atoms with E-state index in [2.05, 4.69) is 20.5 Å². The molecule has 1 amide bonds. The summed E-state index contributed by atoms with van der Waals surface area (Å²) in [5.74, 6) is 2.02. The van der Waals surface area contributed by atoms with Gasteiger partial charge in [0.05, 0.1) is 0 Å². The quantitative estimate of drug-likeness (QED) is 0.889. The molecule has 1 fully saturated rings. The molecule has 0 unspecified atom stereocenters. The van der Waals surface area contributed by atoms with E-state index in [1.165, 1.54) is 0 Å². The Balaban J connectivity index is 1.50. The summed E-state index contributed by atoms with van der Waals surface area (Å²) in [5, 5.41) is 9.88. The van der Waals surface area contributed by atoms with E-state index in [-0.39, 0.29) is 5.91 Å². The molecule has 3 rings (SSSR count). The normalized spacial score (nSPS) is 17.9. The Hall–Kier alpha value is -2.21. The fourth-order valence-electron chi connectivity index (χ4n) is 2.77. The number of anilines is 1. The molecule has 6 heteroatoms. The minimum absolute atomic E-state index is 0.0528. The van der Waals surface area contributed by atoms with Gasteiger partial charge in [-0.05, 0) is 56.4 Å². The molecule has 1 aromatic carbocycles. The van der Waals surface area contributed by atoms with Crippen molar-refractivity contribution in [2.45, 2.75) is 32.6 Å². The standard InChI is InChI=1S/C17H22N4O2/c1-12-18-17(21-20-12)14-5-7-15(8-6-14)19-16(22)9-4-13-3-2-10-23-11-13/h5-8,13H,2-4,9-11H2,1H3,(H,19,22)(H,18,20,21)/t13-/m1/s1. The molecule has 0 spiro atoms. The van der Waals surface area contributed by atoms with Crippen LogP contribution in [0.25, 0.3) is 11.4 Å². The second kappa shape index (κ2) is 7.37. The molecule has 1 atom stereocenters. The maximum atomic E-state index is 12.0. The third-order valence-electron chi connectivity index (χ3n) is 4.06. The highest BCUT2D eigenvalue weighted by molar-refractivity contribution is 5.90. The van der Waals surface area contributed by atoms with Gasteiger partial charge < -0.3 is 10.1 Å². The summed E-state index contributed by atoms with van der Waals surface area (Å²) in [6, 6.07) is 7.58. The third kappa shape index (κ3) is 4.39. The lowest BCUT2D eigenvalue weighted by Crippen LogP contribution is -2.20. The number of aromatic amines is 1. The number of hydrogen-bond donors (Lipinski definition) is 2. The highest BCUT2D eigenvalue weighted by atomic mass is 16.5. The molecule has 0 saturated carbocycles. The van der Waals surface area contributed by atoms with Crippen LogP contribution in [0.5, 0.6) is 0 Å². The van der Waals surface area contributed by atoms with Gasteiger partial charge in [-0.25, -0.2) is 4.98 Å². The van der Waals surface area contributed by atoms with E-state index in [4.69, 9.17) is 4.74 Å². The number of carbonyl (C=O) groups excluding carboxylic acids is 1. The number of nitrogens with zero attached hydrogens (tertiary/aromatic N) is 2. The van der Waals surface area contributed by atoms with Crippen molar-refractivity contribution in [2.24, 2.45) is 5.92 Å². The third-order valence-corrected chi connectivity index (χ3v) is 4.06. The van der Waals surface area contributed by atoms with Gasteiger partial charge in [0.25, 0.3) is 0 Å². The van der Waals surface area contributed by atoms with Crippen LogP contribution in [0.15, 0.2) is 24.3 Å². The number of hydrogen-bond acceptors (Lipinski definition) is 4. The fourth-order valence-corrected chi connectivity index (χ4v) is 2.77. The zero-order chi connectivity index (χ0) is 16.1. The van der Waals surface area contributed by atoms with Crippen LogP contribution in [0.4, 0.5) is 5.69 Å². The summed E-state index contributed by atoms with van der Waals surface area (Å²) in [6.45, 7) is 3.51. The number of ether oxygens (including phenoxy) is 1. The summed E-state index contributed by atoms with van der Waals surface area (Å²) in [6.07, 6.45) is 3.70. The fraction of sp³-hybridized carbons (Fsp3) is 0.471. The predicted octanol–water partition coefficient (Wildman–Crippen LogP) is 2.93. The van der Waals surface area contributed by atoms with Gasteiger partial charge in [-0.2, -0.15) is 5.10 Å². The summed E-state index contributed by atoms with van der Waals surface area (Å²) >= 11 is 0. The lowest BCUT2D eigenvalue weighted by Gasteiger charge is -2.21. The first kappa shape index (κ1) is 15.7. The van der Waals surface area contributed by atoms with Crippen LogP contribution in [0.1, 0.15) is 31.5 Å². The van der Waals surface area contributed by atoms with Crippen molar-refractivity contribution in [3.8, 4) is 11.4 Å². The summed E-state index contributed by atoms with van der Waals surface area (Å²) < 4.78 is 5.44. The zero-order valence-corrected chi connectivity index (χ0v) is 13.3. The molecule has 0 aliphatic carbocycles. The van der Waals surface area contributed by atoms with E-state index >= 15 is 0 Å². The summed E-state index contributed by atoms with van der Waals surface area (Å²) in [4.78, 5) is 16.3. The van der Waals surface area contributed by atoms with Crippen LogP contribution in [0.3, 0.4) is 0 Å². The van der Waals surface area contributed by atoms with Crippen molar-refractivity contribution in [1.82, 2.24) is 15.2 Å². The van der Waals surface area contributed by atoms with Gasteiger partial charge in [0, 0.05) is 30.9 Å². The van der Waals surface area contributed by atoms with Gasteiger partial charge >= 0.3 is 0 Å². The number of benzene rings is 1. The lowest BCUT2D eigenvalue weighted by atomic mass is 9.97. The van der Waals surface area contributed by atoms with E-state index < -0.39 is 0 Å². The molecule has 1 aliphatic heterocycles. The van der Waals surface area contributed by atoms with Crippen molar-refractivity contribution in [1.29, 1.82) is 0 Å². The van der Waals surface area contributed by atoms with E-state index in [0.29, 0.717) is 18.2 Å². The van der Waals surface area contributed by atoms with Gasteiger partial charge in [0.2, 0.25) is 5.91 Å². The molecular weight excluding hydrogens is 292 g/mol. The van der Waals surface area contributed by atoms with E-state index in [9.17, 15) is 4.79 Å². The second-order valence-electron chi connectivity index (χ2n) is 5.99. The summed E-state index contributed by atoms with van der Waals surface area (Å²) in [7, 11) is 0. The van der Waals surface area contributed by atoms with Crippen LogP contribution in [-0.2, 0) is 9.53 Å². The van der Waals surface area contributed by atoms with Crippen molar-refractivity contribution < 1.29 is 9.53 Å². The van der Waals surface area contributed by atoms with Crippen LogP contribution in [0, 0.1) is 12.8 Å². The number of rotatable bonds is 5. The molecular formula is C17H22N4O2. The predicted molar refractivity (Wildman–Crippen MR) is 88.0 cm³/mol. The first-order valence-electron chi connectivity index (χ1n) is 8.08. The largest absolute Gasteiger partial charge is 0.381 e. The number of aryl methyl sites for hydroxylation is 1. The zero-order valence-electron chi connectivity index (χ0n) is 13.3. The van der Waals surface area contributed by atoms with E-state index in [1.54, 1.807) is 0 Å². The first-order chi connectivity index (χ1) is 11.2. The average Bonchev–Trinajstić information content (AvgIpc) is 3.01. The topological polar surface area (TPSA) is 79.9 Å². The maximum Gasteiger partial charge on any atom is 0.224 e. The molecule has 0 bridgehead atoms. The van der Waals surface area contributed by atoms with Gasteiger partial charge in [0.15, 0.2) is 5.82 Å². The molecule has 6 nitrogen and oxygen atoms in total. The Labute approximate surface area is 135 Å². The SMILES string of the molecule is Cc1nc(-c2ccc(NC(=O)CC[C@H]3CCCOC3)cc2)n[nH]1. The molecule has 23 heavy (non-hydrogen) atoms. The van der Waals surface area contributed by atoms with Crippen molar-refractivity contribution in [3.63, 3.8) is 0 Å². The molecule has 2 N–H and O–H groups in total. The van der Waals surface area contributed by atoms with Crippen molar-refractivity contribution in [3.05, 3.63) is 30.1 Å². The Morgan fingerprint density at radius 1 is 1.39 bits per heavy atom. The van der Waals surface area contributed by atoms with Crippen LogP contribution >= 0.6 is 0 Å². The molecule has 0 radical (unpaired) electrons. The summed E-state index contributed by atoms with van der Waals surface area (Å²) in [5.41, 5.74) is 1.72. The smallest absolute Gasteiger partial charge is 0.224 e. The number of carbonyl (C=O) groups is 1. The first-order valence-corrected chi connectivity index (χ1v) is 8.08. The molecule has 2 aromatic rings. The Bertz CT molecular complexity index is 645. The average molecular weight is 314 g/mol. The molecule has 1 aliphatic rings. The monoisotopic (exact) mass is 314 g/mol. The Morgan fingerprint density at radius 2 is 2.22 bits per heavy atom. The minimum atomic E-state index is 0.0528. The highest BCUT2D eigenvalue weighted by Crippen LogP contribution is 2.20. The van der Waals surface area contributed by atoms with Gasteiger partial charge in [-0.15, -0.1) is 0 Å². The number of nitrogens with one attached hydrogen (secondary N) is 2. The van der Waals surface area contributed by atoms with Crippen molar-refractivity contribution >= 4 is 11.6 Å². The number of H-pyrrole nitrogens is 1. The van der Waals surface area contributed by atoms with Gasteiger partial charge in [-0.3, -0.25) is 9.89 Å². The van der Waals surface area contributed by atoms with Crippen molar-refractivity contribution in [2.75, 3.05) is 18.5 Å². The van der Waals surface area contributed by atoms with E-state index in [1.807, 2.05) is 31.2 Å². The van der Waals surface area contributed by atoms with Gasteiger partial charge in [0.1, 0.15) is 5.82 Å². The maximum absolute atomic E-state index is 12.0. The molecule has 2 heterocycles. The number of amides is 1. The van der Waals surface area contributed by atoms with Crippen LogP contribution < -0.4 is 5.32 Å². The lowest BCUT2D eigenvalue weighted by molar-refractivity contribution is -0.116. The Morgan fingerprint density at radius 3 is 2.87 bits per heavy atom. The van der Waals surface area contributed by atoms with E-state index in [0.717, 1.165) is 49.6 Å².